The van der Waals surface area contributed by atoms with Crippen molar-refractivity contribution in [3.63, 3.8) is 0 Å². The Bertz CT molecular complexity index is 1140. The predicted octanol–water partition coefficient (Wildman–Crippen LogP) is 6.28. The molecule has 2 aliphatic rings. The van der Waals surface area contributed by atoms with Gasteiger partial charge in [-0.2, -0.15) is 0 Å². The Labute approximate surface area is 192 Å². The highest BCUT2D eigenvalue weighted by Crippen LogP contribution is 2.62. The number of hydrogen-bond donors (Lipinski definition) is 0. The van der Waals surface area contributed by atoms with Gasteiger partial charge in [0.05, 0.1) is 4.92 Å². The SMILES string of the molecule is CCc1ccc(Oc2ccc([N+](=O)[O-])c(Cl)c2)cc1C1C(=O)[C@@H]2CC[C@](C)(C1=O)C2(C)C. The van der Waals surface area contributed by atoms with Gasteiger partial charge in [-0.15, -0.1) is 0 Å². The minimum absolute atomic E-state index is 0.000190. The zero-order chi connectivity index (χ0) is 23.4. The van der Waals surface area contributed by atoms with E-state index in [2.05, 4.69) is 0 Å². The number of aryl methyl sites for hydroxylation is 1. The number of nitro groups is 1. The third-order valence-electron chi connectivity index (χ3n) is 7.82. The maximum Gasteiger partial charge on any atom is 0.288 e. The van der Waals surface area contributed by atoms with E-state index in [0.717, 1.165) is 18.4 Å². The lowest BCUT2D eigenvalue weighted by atomic mass is 9.54. The van der Waals surface area contributed by atoms with E-state index in [9.17, 15) is 19.7 Å². The molecule has 32 heavy (non-hydrogen) atoms. The number of hydrogen-bond acceptors (Lipinski definition) is 5. The van der Waals surface area contributed by atoms with E-state index in [0.29, 0.717) is 23.5 Å². The molecule has 0 spiro atoms. The zero-order valence-electron chi connectivity index (χ0n) is 18.6. The number of nitrogens with zero attached hydrogens (tertiary/aromatic N) is 1. The van der Waals surface area contributed by atoms with E-state index in [1.807, 2.05) is 33.8 Å². The Morgan fingerprint density at radius 1 is 1.12 bits per heavy atom. The molecular formula is C25H26ClNO5. The second-order valence-electron chi connectivity index (χ2n) is 9.53. The van der Waals surface area contributed by atoms with E-state index < -0.39 is 16.3 Å². The summed E-state index contributed by atoms with van der Waals surface area (Å²) in [6.07, 6.45) is 2.15. The first-order valence-corrected chi connectivity index (χ1v) is 11.2. The molecule has 0 amide bonds. The number of carbonyl (C=O) groups excluding carboxylic acids is 2. The summed E-state index contributed by atoms with van der Waals surface area (Å²) < 4.78 is 5.90. The Morgan fingerprint density at radius 3 is 2.41 bits per heavy atom. The normalized spacial score (nSPS) is 26.3. The molecule has 2 bridgehead atoms. The smallest absolute Gasteiger partial charge is 0.288 e. The van der Waals surface area contributed by atoms with Crippen LogP contribution < -0.4 is 4.74 Å². The van der Waals surface area contributed by atoms with E-state index in [1.165, 1.54) is 18.2 Å². The van der Waals surface area contributed by atoms with Crippen LogP contribution in [0.25, 0.3) is 0 Å². The topological polar surface area (TPSA) is 86.5 Å². The van der Waals surface area contributed by atoms with E-state index in [1.54, 1.807) is 12.1 Å². The molecule has 6 nitrogen and oxygen atoms in total. The average molecular weight is 456 g/mol. The molecule has 168 valence electrons. The number of benzene rings is 2. The van der Waals surface area contributed by atoms with E-state index >= 15 is 0 Å². The standard InChI is InChI=1S/C25H26ClNO5/c1-5-14-6-7-15(32-16-8-9-20(27(30)31)19(26)13-16)12-17(14)21-22(28)18-10-11-25(4,23(21)29)24(18,2)3/h6-9,12-13,18,21H,5,10-11H2,1-4H3/t18-,21?,25+/m0/s1. The van der Waals surface area contributed by atoms with Crippen molar-refractivity contribution in [3.8, 4) is 11.5 Å². The molecular weight excluding hydrogens is 430 g/mol. The molecule has 0 N–H and O–H groups in total. The van der Waals surface area contributed by atoms with Gasteiger partial charge in [0, 0.05) is 23.5 Å². The molecule has 3 atom stereocenters. The van der Waals surface area contributed by atoms with Gasteiger partial charge in [0.25, 0.3) is 5.69 Å². The number of rotatable bonds is 5. The number of ether oxygens (including phenoxy) is 1. The highest BCUT2D eigenvalue weighted by atomic mass is 35.5. The number of nitro benzene ring substituents is 1. The summed E-state index contributed by atoms with van der Waals surface area (Å²) >= 11 is 6.00. The van der Waals surface area contributed by atoms with Crippen LogP contribution in [0, 0.1) is 26.9 Å². The molecule has 0 aliphatic heterocycles. The van der Waals surface area contributed by atoms with Crippen molar-refractivity contribution in [1.29, 1.82) is 0 Å². The Hall–Kier alpha value is -2.73. The second kappa shape index (κ2) is 7.69. The van der Waals surface area contributed by atoms with Crippen LogP contribution in [-0.4, -0.2) is 16.5 Å². The van der Waals surface area contributed by atoms with E-state index in [-0.39, 0.29) is 33.6 Å². The Morgan fingerprint density at radius 2 is 1.78 bits per heavy atom. The quantitative estimate of drug-likeness (QED) is 0.301. The Kier molecular flexibility index (Phi) is 5.40. The summed E-state index contributed by atoms with van der Waals surface area (Å²) in [6.45, 7) is 8.07. The number of ketones is 2. The summed E-state index contributed by atoms with van der Waals surface area (Å²) in [5.74, 6) is -0.153. The highest BCUT2D eigenvalue weighted by Gasteiger charge is 2.64. The van der Waals surface area contributed by atoms with Crippen LogP contribution in [0.4, 0.5) is 5.69 Å². The zero-order valence-corrected chi connectivity index (χ0v) is 19.4. The van der Waals surface area contributed by atoms with Crippen molar-refractivity contribution in [2.24, 2.45) is 16.7 Å². The van der Waals surface area contributed by atoms with Crippen LogP contribution in [-0.2, 0) is 16.0 Å². The molecule has 0 radical (unpaired) electrons. The van der Waals surface area contributed by atoms with Crippen LogP contribution in [0.1, 0.15) is 57.6 Å². The molecule has 0 aromatic heterocycles. The average Bonchev–Trinajstić information content (AvgIpc) is 2.91. The van der Waals surface area contributed by atoms with Gasteiger partial charge in [-0.3, -0.25) is 19.7 Å². The highest BCUT2D eigenvalue weighted by molar-refractivity contribution is 6.32. The molecule has 4 rings (SSSR count). The molecule has 2 aromatic rings. The molecule has 0 saturated heterocycles. The van der Waals surface area contributed by atoms with Gasteiger partial charge in [0.15, 0.2) is 11.6 Å². The first-order valence-electron chi connectivity index (χ1n) is 10.8. The van der Waals surface area contributed by atoms with Crippen LogP contribution in [0.3, 0.4) is 0 Å². The summed E-state index contributed by atoms with van der Waals surface area (Å²) in [4.78, 5) is 37.6. The van der Waals surface area contributed by atoms with Crippen molar-refractivity contribution >= 4 is 28.9 Å². The number of Topliss-reactive ketones (excluding diaryl/α,β-unsaturated/α-hetero) is 2. The third kappa shape index (κ3) is 3.24. The molecule has 7 heteroatoms. The monoisotopic (exact) mass is 455 g/mol. The van der Waals surface area contributed by atoms with Gasteiger partial charge in [0.2, 0.25) is 0 Å². The van der Waals surface area contributed by atoms with Crippen molar-refractivity contribution < 1.29 is 19.2 Å². The maximum atomic E-state index is 13.7. The van der Waals surface area contributed by atoms with Crippen molar-refractivity contribution in [2.75, 3.05) is 0 Å². The maximum absolute atomic E-state index is 13.7. The van der Waals surface area contributed by atoms with E-state index in [4.69, 9.17) is 16.3 Å². The van der Waals surface area contributed by atoms with Crippen molar-refractivity contribution in [3.05, 3.63) is 62.7 Å². The molecule has 2 fully saturated rings. The lowest BCUT2D eigenvalue weighted by Gasteiger charge is -2.46. The summed E-state index contributed by atoms with van der Waals surface area (Å²) in [6, 6.07) is 9.55. The second-order valence-corrected chi connectivity index (χ2v) is 9.94. The van der Waals surface area contributed by atoms with Crippen molar-refractivity contribution in [2.45, 2.75) is 52.9 Å². The molecule has 0 heterocycles. The van der Waals surface area contributed by atoms with Crippen LogP contribution in [0.2, 0.25) is 5.02 Å². The van der Waals surface area contributed by atoms with Crippen LogP contribution >= 0.6 is 11.6 Å². The minimum atomic E-state index is -0.792. The lowest BCUT2D eigenvalue weighted by molar-refractivity contribution is -0.384. The molecule has 2 aromatic carbocycles. The first-order chi connectivity index (χ1) is 15.0. The van der Waals surface area contributed by atoms with Gasteiger partial charge < -0.3 is 4.74 Å². The third-order valence-corrected chi connectivity index (χ3v) is 8.12. The fraction of sp³-hybridized carbons (Fsp3) is 0.440. The van der Waals surface area contributed by atoms with Gasteiger partial charge >= 0.3 is 0 Å². The Balaban J connectivity index is 1.72. The van der Waals surface area contributed by atoms with Gasteiger partial charge in [-0.1, -0.05) is 45.4 Å². The molecule has 2 aliphatic carbocycles. The van der Waals surface area contributed by atoms with Gasteiger partial charge in [-0.05, 0) is 54.0 Å². The largest absolute Gasteiger partial charge is 0.457 e. The summed E-state index contributed by atoms with van der Waals surface area (Å²) in [5, 5.41) is 11.0. The molecule has 1 unspecified atom stereocenters. The summed E-state index contributed by atoms with van der Waals surface area (Å²) in [5.41, 5.74) is 0.540. The summed E-state index contributed by atoms with van der Waals surface area (Å²) in [7, 11) is 0. The van der Waals surface area contributed by atoms with Gasteiger partial charge in [-0.25, -0.2) is 0 Å². The number of halogens is 1. The number of carbonyl (C=O) groups is 2. The molecule has 2 saturated carbocycles. The number of fused-ring (bicyclic) bond motifs is 2. The lowest BCUT2D eigenvalue weighted by Crippen LogP contribution is -2.52. The fourth-order valence-corrected chi connectivity index (χ4v) is 5.68. The fourth-order valence-electron chi connectivity index (χ4n) is 5.45. The minimum Gasteiger partial charge on any atom is -0.457 e. The van der Waals surface area contributed by atoms with Crippen molar-refractivity contribution in [1.82, 2.24) is 0 Å². The first kappa shape index (κ1) is 22.5. The van der Waals surface area contributed by atoms with Crippen LogP contribution in [0.15, 0.2) is 36.4 Å². The van der Waals surface area contributed by atoms with Crippen LogP contribution in [0.5, 0.6) is 11.5 Å². The van der Waals surface area contributed by atoms with Gasteiger partial charge in [0.1, 0.15) is 22.4 Å². The predicted molar refractivity (Wildman–Crippen MR) is 121 cm³/mol.